The third-order valence-corrected chi connectivity index (χ3v) is 2.72. The number of nitrogens with two attached hydrogens (primary N) is 1. The Morgan fingerprint density at radius 3 is 1.80 bits per heavy atom. The van der Waals surface area contributed by atoms with Crippen molar-refractivity contribution < 1.29 is 0 Å². The van der Waals surface area contributed by atoms with Crippen LogP contribution in [0.5, 0.6) is 0 Å². The van der Waals surface area contributed by atoms with Crippen LogP contribution in [0.3, 0.4) is 0 Å². The molecule has 92 valence electrons. The number of rotatable bonds is 3. The Morgan fingerprint density at radius 2 is 1.67 bits per heavy atom. The van der Waals surface area contributed by atoms with E-state index in [1.165, 1.54) is 38.8 Å². The van der Waals surface area contributed by atoms with Crippen LogP contribution in [0.25, 0.3) is 0 Å². The first kappa shape index (κ1) is 14.9. The van der Waals surface area contributed by atoms with Crippen LogP contribution in [0.1, 0.15) is 53.4 Å². The van der Waals surface area contributed by atoms with Gasteiger partial charge in [0.05, 0.1) is 0 Å². The predicted octanol–water partition coefficient (Wildman–Crippen LogP) is 2.78. The van der Waals surface area contributed by atoms with E-state index in [9.17, 15) is 0 Å². The van der Waals surface area contributed by atoms with E-state index in [-0.39, 0.29) is 0 Å². The Hall–Kier alpha value is -0.0800. The van der Waals surface area contributed by atoms with Crippen LogP contribution in [0.2, 0.25) is 0 Å². The average molecular weight is 214 g/mol. The molecule has 1 aliphatic heterocycles. The van der Waals surface area contributed by atoms with Gasteiger partial charge in [-0.3, -0.25) is 0 Å². The summed E-state index contributed by atoms with van der Waals surface area (Å²) in [6.07, 6.45) is 5.44. The molecule has 3 N–H and O–H groups in total. The Labute approximate surface area is 96.0 Å². The molecule has 0 spiro atoms. The van der Waals surface area contributed by atoms with Crippen molar-refractivity contribution in [2.24, 2.45) is 17.1 Å². The van der Waals surface area contributed by atoms with E-state index in [0.29, 0.717) is 5.41 Å². The van der Waals surface area contributed by atoms with E-state index in [4.69, 9.17) is 5.73 Å². The third kappa shape index (κ3) is 10.2. The van der Waals surface area contributed by atoms with Crippen molar-refractivity contribution in [3.8, 4) is 0 Å². The number of hydrogen-bond donors (Lipinski definition) is 2. The van der Waals surface area contributed by atoms with Gasteiger partial charge in [0, 0.05) is 0 Å². The van der Waals surface area contributed by atoms with Gasteiger partial charge in [-0.1, -0.05) is 34.1 Å². The van der Waals surface area contributed by atoms with Crippen molar-refractivity contribution in [3.63, 3.8) is 0 Å². The van der Waals surface area contributed by atoms with E-state index in [1.807, 2.05) is 0 Å². The summed E-state index contributed by atoms with van der Waals surface area (Å²) in [5, 5.41) is 3.28. The van der Waals surface area contributed by atoms with Gasteiger partial charge in [-0.05, 0) is 50.2 Å². The molecule has 1 aliphatic rings. The predicted molar refractivity (Wildman–Crippen MR) is 69.0 cm³/mol. The van der Waals surface area contributed by atoms with Gasteiger partial charge in [-0.15, -0.1) is 0 Å². The number of piperidine rings is 1. The molecule has 0 atom stereocenters. The normalized spacial score (nSPS) is 17.2. The molecule has 1 saturated heterocycles. The molecule has 0 bridgehead atoms. The second kappa shape index (κ2) is 8.12. The van der Waals surface area contributed by atoms with E-state index in [0.717, 1.165) is 12.5 Å². The fourth-order valence-electron chi connectivity index (χ4n) is 1.99. The van der Waals surface area contributed by atoms with Gasteiger partial charge in [0.15, 0.2) is 0 Å². The highest BCUT2D eigenvalue weighted by molar-refractivity contribution is 4.70. The lowest BCUT2D eigenvalue weighted by atomic mass is 9.84. The maximum atomic E-state index is 5.55. The van der Waals surface area contributed by atoms with Crippen molar-refractivity contribution in [2.45, 2.75) is 53.4 Å². The zero-order chi connectivity index (χ0) is 11.7. The van der Waals surface area contributed by atoms with Crippen LogP contribution >= 0.6 is 0 Å². The van der Waals surface area contributed by atoms with Gasteiger partial charge in [0.2, 0.25) is 0 Å². The summed E-state index contributed by atoms with van der Waals surface area (Å²) in [7, 11) is 0. The summed E-state index contributed by atoms with van der Waals surface area (Å²) < 4.78 is 0. The van der Waals surface area contributed by atoms with Crippen LogP contribution in [0.15, 0.2) is 0 Å². The highest BCUT2D eigenvalue weighted by atomic mass is 14.9. The zero-order valence-electron chi connectivity index (χ0n) is 11.1. The summed E-state index contributed by atoms with van der Waals surface area (Å²) in [5.74, 6) is 0.767. The second-order valence-corrected chi connectivity index (χ2v) is 5.78. The first-order valence-electron chi connectivity index (χ1n) is 6.39. The molecule has 1 heterocycles. The Balaban J connectivity index is 0.000000280. The van der Waals surface area contributed by atoms with Crippen LogP contribution in [0, 0.1) is 11.3 Å². The van der Waals surface area contributed by atoms with E-state index in [2.05, 4.69) is 33.0 Å². The smallest absolute Gasteiger partial charge is 0.00257 e. The fourth-order valence-corrected chi connectivity index (χ4v) is 1.99. The highest BCUT2D eigenvalue weighted by Crippen LogP contribution is 2.22. The molecule has 15 heavy (non-hydrogen) atoms. The van der Waals surface area contributed by atoms with Crippen molar-refractivity contribution in [1.29, 1.82) is 0 Å². The van der Waals surface area contributed by atoms with Crippen LogP contribution in [-0.4, -0.2) is 19.6 Å². The SMILES string of the molecule is C1CCNCC1.CC(C)CC(C)(C)CN. The minimum Gasteiger partial charge on any atom is -0.330 e. The summed E-state index contributed by atoms with van der Waals surface area (Å²) in [5.41, 5.74) is 5.90. The molecule has 1 rings (SSSR count). The Bertz CT molecular complexity index is 126. The number of hydrogen-bond acceptors (Lipinski definition) is 2. The molecular formula is C13H30N2. The lowest BCUT2D eigenvalue weighted by molar-refractivity contribution is 0.298. The lowest BCUT2D eigenvalue weighted by Gasteiger charge is -2.24. The van der Waals surface area contributed by atoms with Crippen LogP contribution < -0.4 is 11.1 Å². The van der Waals surface area contributed by atoms with Gasteiger partial charge in [0.25, 0.3) is 0 Å². The van der Waals surface area contributed by atoms with Crippen molar-refractivity contribution in [1.82, 2.24) is 5.32 Å². The largest absolute Gasteiger partial charge is 0.330 e. The van der Waals surface area contributed by atoms with E-state index < -0.39 is 0 Å². The first-order chi connectivity index (χ1) is 6.98. The van der Waals surface area contributed by atoms with Crippen LogP contribution in [0.4, 0.5) is 0 Å². The summed E-state index contributed by atoms with van der Waals surface area (Å²) in [6.45, 7) is 12.2. The highest BCUT2D eigenvalue weighted by Gasteiger charge is 2.16. The molecule has 0 aromatic heterocycles. The molecule has 0 saturated carbocycles. The van der Waals surface area contributed by atoms with Gasteiger partial charge in [-0.2, -0.15) is 0 Å². The Morgan fingerprint density at radius 1 is 1.13 bits per heavy atom. The summed E-state index contributed by atoms with van der Waals surface area (Å²) >= 11 is 0. The minimum absolute atomic E-state index is 0.341. The Kier molecular flexibility index (Phi) is 8.07. The van der Waals surface area contributed by atoms with Gasteiger partial charge in [-0.25, -0.2) is 0 Å². The van der Waals surface area contributed by atoms with Crippen molar-refractivity contribution >= 4 is 0 Å². The molecule has 0 unspecified atom stereocenters. The molecule has 0 aromatic carbocycles. The molecule has 0 amide bonds. The maximum Gasteiger partial charge on any atom is -0.00257 e. The molecule has 0 radical (unpaired) electrons. The van der Waals surface area contributed by atoms with Gasteiger partial charge >= 0.3 is 0 Å². The van der Waals surface area contributed by atoms with Gasteiger partial charge < -0.3 is 11.1 Å². The molecule has 0 aliphatic carbocycles. The topological polar surface area (TPSA) is 38.0 Å². The monoisotopic (exact) mass is 214 g/mol. The molecule has 2 heteroatoms. The van der Waals surface area contributed by atoms with E-state index >= 15 is 0 Å². The van der Waals surface area contributed by atoms with Crippen LogP contribution in [-0.2, 0) is 0 Å². The first-order valence-corrected chi connectivity index (χ1v) is 6.39. The lowest BCUT2D eigenvalue weighted by Crippen LogP contribution is -2.24. The quantitative estimate of drug-likeness (QED) is 0.758. The summed E-state index contributed by atoms with van der Waals surface area (Å²) in [4.78, 5) is 0. The molecule has 1 fully saturated rings. The average Bonchev–Trinajstić information content (AvgIpc) is 2.20. The fraction of sp³-hybridized carbons (Fsp3) is 1.00. The maximum absolute atomic E-state index is 5.55. The standard InChI is InChI=1S/C8H19N.C5H11N/c1-7(2)5-8(3,4)6-9;1-2-4-6-5-3-1/h7H,5-6,9H2,1-4H3;6H,1-5H2. The van der Waals surface area contributed by atoms with E-state index in [1.54, 1.807) is 0 Å². The number of nitrogens with one attached hydrogen (secondary N) is 1. The summed E-state index contributed by atoms with van der Waals surface area (Å²) in [6, 6.07) is 0. The molecule has 0 aromatic rings. The van der Waals surface area contributed by atoms with Crippen molar-refractivity contribution in [3.05, 3.63) is 0 Å². The van der Waals surface area contributed by atoms with Crippen molar-refractivity contribution in [2.75, 3.05) is 19.6 Å². The molecular weight excluding hydrogens is 184 g/mol. The van der Waals surface area contributed by atoms with Gasteiger partial charge in [0.1, 0.15) is 0 Å². The second-order valence-electron chi connectivity index (χ2n) is 5.78. The molecule has 2 nitrogen and oxygen atoms in total. The minimum atomic E-state index is 0.341. The third-order valence-electron chi connectivity index (χ3n) is 2.72. The zero-order valence-corrected chi connectivity index (χ0v) is 11.1.